The zero-order valence-corrected chi connectivity index (χ0v) is 14.9. The predicted octanol–water partition coefficient (Wildman–Crippen LogP) is 3.12. The number of piperidine rings is 1. The first-order valence-electron chi connectivity index (χ1n) is 8.97. The maximum absolute atomic E-state index is 12.3. The number of rotatable bonds is 4. The van der Waals surface area contributed by atoms with Crippen molar-refractivity contribution in [1.29, 1.82) is 0 Å². The Balaban J connectivity index is 1.73. The number of likely N-dealkylation sites (tertiary alicyclic amines) is 1. The lowest BCUT2D eigenvalue weighted by atomic mass is 10.0. The second kappa shape index (κ2) is 7.64. The molecule has 1 amide bonds. The Morgan fingerprint density at radius 1 is 1.12 bits per heavy atom. The fraction of sp³-hybridized carbons (Fsp3) is 0.450. The minimum absolute atomic E-state index is 0.0549. The smallest absolute Gasteiger partial charge is 0.267 e. The van der Waals surface area contributed by atoms with Gasteiger partial charge in [-0.1, -0.05) is 44.2 Å². The van der Waals surface area contributed by atoms with E-state index in [0.29, 0.717) is 25.4 Å². The fourth-order valence-corrected chi connectivity index (χ4v) is 3.29. The quantitative estimate of drug-likeness (QED) is 0.860. The van der Waals surface area contributed by atoms with Crippen molar-refractivity contribution in [2.45, 2.75) is 39.2 Å². The van der Waals surface area contributed by atoms with Crippen LogP contribution in [0.4, 0.5) is 0 Å². The minimum Gasteiger partial charge on any atom is -0.343 e. The Kier molecular flexibility index (Phi) is 5.31. The van der Waals surface area contributed by atoms with E-state index in [1.807, 2.05) is 35.2 Å². The van der Waals surface area contributed by atoms with E-state index >= 15 is 0 Å². The number of carbonyl (C=O) groups is 1. The van der Waals surface area contributed by atoms with E-state index in [1.54, 1.807) is 16.8 Å². The molecular formula is C20H25N3O2. The summed E-state index contributed by atoms with van der Waals surface area (Å²) < 4.78 is 1.60. The molecule has 5 nitrogen and oxygen atoms in total. The molecule has 0 atom stereocenters. The number of hydrogen-bond acceptors (Lipinski definition) is 3. The summed E-state index contributed by atoms with van der Waals surface area (Å²) in [5.41, 5.74) is 1.73. The van der Waals surface area contributed by atoms with Crippen molar-refractivity contribution >= 4 is 5.91 Å². The van der Waals surface area contributed by atoms with E-state index in [2.05, 4.69) is 18.9 Å². The topological polar surface area (TPSA) is 55.2 Å². The van der Waals surface area contributed by atoms with Crippen molar-refractivity contribution in [3.63, 3.8) is 0 Å². The van der Waals surface area contributed by atoms with Gasteiger partial charge in [0, 0.05) is 31.1 Å². The third-order valence-corrected chi connectivity index (χ3v) is 4.64. The molecule has 132 valence electrons. The van der Waals surface area contributed by atoms with Crippen LogP contribution in [0, 0.1) is 5.92 Å². The summed E-state index contributed by atoms with van der Waals surface area (Å²) in [5.74, 6) is 0.587. The number of nitrogens with zero attached hydrogens (tertiary/aromatic N) is 3. The van der Waals surface area contributed by atoms with Crippen molar-refractivity contribution in [3.8, 4) is 11.3 Å². The zero-order chi connectivity index (χ0) is 17.8. The normalized spacial score (nSPS) is 15.6. The molecule has 1 aromatic heterocycles. The SMILES string of the molecule is CC(C)CC(=O)N1CCC(n2nc(-c3ccccc3)ccc2=O)CC1. The van der Waals surface area contributed by atoms with Crippen molar-refractivity contribution in [1.82, 2.24) is 14.7 Å². The molecule has 2 heterocycles. The molecular weight excluding hydrogens is 314 g/mol. The molecule has 2 aromatic rings. The van der Waals surface area contributed by atoms with Gasteiger partial charge in [0.2, 0.25) is 5.91 Å². The first kappa shape index (κ1) is 17.4. The molecule has 1 aliphatic rings. The highest BCUT2D eigenvalue weighted by Gasteiger charge is 2.25. The number of hydrogen-bond donors (Lipinski definition) is 0. The van der Waals surface area contributed by atoms with Crippen molar-refractivity contribution in [2.75, 3.05) is 13.1 Å². The molecule has 0 saturated carbocycles. The Labute approximate surface area is 148 Å². The summed E-state index contributed by atoms with van der Waals surface area (Å²) in [5, 5.41) is 4.59. The summed E-state index contributed by atoms with van der Waals surface area (Å²) in [6.07, 6.45) is 2.14. The van der Waals surface area contributed by atoms with Crippen LogP contribution in [0.2, 0.25) is 0 Å². The molecule has 25 heavy (non-hydrogen) atoms. The predicted molar refractivity (Wildman–Crippen MR) is 98.2 cm³/mol. The van der Waals surface area contributed by atoms with E-state index < -0.39 is 0 Å². The van der Waals surface area contributed by atoms with Gasteiger partial charge in [-0.15, -0.1) is 0 Å². The average Bonchev–Trinajstić information content (AvgIpc) is 2.62. The van der Waals surface area contributed by atoms with Gasteiger partial charge < -0.3 is 4.90 Å². The lowest BCUT2D eigenvalue weighted by Crippen LogP contribution is -2.41. The van der Waals surface area contributed by atoms with Gasteiger partial charge in [-0.3, -0.25) is 9.59 Å². The van der Waals surface area contributed by atoms with E-state index in [0.717, 1.165) is 24.1 Å². The van der Waals surface area contributed by atoms with Crippen LogP contribution in [0.25, 0.3) is 11.3 Å². The van der Waals surface area contributed by atoms with E-state index in [4.69, 9.17) is 0 Å². The molecule has 5 heteroatoms. The largest absolute Gasteiger partial charge is 0.343 e. The highest BCUT2D eigenvalue weighted by atomic mass is 16.2. The van der Waals surface area contributed by atoms with E-state index in [9.17, 15) is 9.59 Å². The Hall–Kier alpha value is -2.43. The minimum atomic E-state index is -0.0772. The number of amides is 1. The van der Waals surface area contributed by atoms with Gasteiger partial charge in [0.15, 0.2) is 0 Å². The van der Waals surface area contributed by atoms with E-state index in [-0.39, 0.29) is 17.5 Å². The van der Waals surface area contributed by atoms with Crippen molar-refractivity contribution < 1.29 is 4.79 Å². The summed E-state index contributed by atoms with van der Waals surface area (Å²) in [6.45, 7) is 5.51. The van der Waals surface area contributed by atoms with Crippen LogP contribution in [-0.4, -0.2) is 33.7 Å². The average molecular weight is 339 g/mol. The van der Waals surface area contributed by atoms with Gasteiger partial charge in [0.05, 0.1) is 11.7 Å². The summed E-state index contributed by atoms with van der Waals surface area (Å²) >= 11 is 0. The molecule has 1 fully saturated rings. The van der Waals surface area contributed by atoms with Crippen LogP contribution in [0.15, 0.2) is 47.3 Å². The lowest BCUT2D eigenvalue weighted by Gasteiger charge is -2.32. The standard InChI is InChI=1S/C20H25N3O2/c1-15(2)14-20(25)22-12-10-17(11-13-22)23-19(24)9-8-18(21-23)16-6-4-3-5-7-16/h3-9,15,17H,10-14H2,1-2H3. The second-order valence-corrected chi connectivity index (χ2v) is 7.08. The molecule has 0 spiro atoms. The second-order valence-electron chi connectivity index (χ2n) is 7.08. The van der Waals surface area contributed by atoms with Crippen LogP contribution >= 0.6 is 0 Å². The first-order chi connectivity index (χ1) is 12.0. The van der Waals surface area contributed by atoms with Crippen LogP contribution in [0.5, 0.6) is 0 Å². The summed E-state index contributed by atoms with van der Waals surface area (Å²) in [7, 11) is 0. The molecule has 1 aromatic carbocycles. The van der Waals surface area contributed by atoms with Crippen LogP contribution < -0.4 is 5.56 Å². The molecule has 0 unspecified atom stereocenters. The lowest BCUT2D eigenvalue weighted by molar-refractivity contribution is -0.133. The Bertz CT molecular complexity index is 775. The molecule has 0 aliphatic carbocycles. The Morgan fingerprint density at radius 2 is 1.80 bits per heavy atom. The summed E-state index contributed by atoms with van der Waals surface area (Å²) in [6, 6.07) is 13.3. The van der Waals surface area contributed by atoms with Gasteiger partial charge in [0.25, 0.3) is 5.56 Å². The molecule has 3 rings (SSSR count). The van der Waals surface area contributed by atoms with Gasteiger partial charge in [-0.05, 0) is 24.8 Å². The van der Waals surface area contributed by atoms with Gasteiger partial charge in [-0.2, -0.15) is 5.10 Å². The van der Waals surface area contributed by atoms with Crippen LogP contribution in [0.1, 0.15) is 39.2 Å². The van der Waals surface area contributed by atoms with Crippen LogP contribution in [0.3, 0.4) is 0 Å². The monoisotopic (exact) mass is 339 g/mol. The summed E-state index contributed by atoms with van der Waals surface area (Å²) in [4.78, 5) is 26.4. The van der Waals surface area contributed by atoms with Crippen LogP contribution in [-0.2, 0) is 4.79 Å². The zero-order valence-electron chi connectivity index (χ0n) is 14.9. The van der Waals surface area contributed by atoms with Gasteiger partial charge >= 0.3 is 0 Å². The highest BCUT2D eigenvalue weighted by molar-refractivity contribution is 5.76. The van der Waals surface area contributed by atoms with Gasteiger partial charge in [-0.25, -0.2) is 4.68 Å². The number of carbonyl (C=O) groups excluding carboxylic acids is 1. The molecule has 0 N–H and O–H groups in total. The Morgan fingerprint density at radius 3 is 2.44 bits per heavy atom. The third-order valence-electron chi connectivity index (χ3n) is 4.64. The molecule has 1 saturated heterocycles. The molecule has 1 aliphatic heterocycles. The van der Waals surface area contributed by atoms with Gasteiger partial charge in [0.1, 0.15) is 0 Å². The van der Waals surface area contributed by atoms with E-state index in [1.165, 1.54) is 0 Å². The maximum Gasteiger partial charge on any atom is 0.267 e. The number of benzene rings is 1. The molecule has 0 radical (unpaired) electrons. The highest BCUT2D eigenvalue weighted by Crippen LogP contribution is 2.23. The molecule has 0 bridgehead atoms. The van der Waals surface area contributed by atoms with Crippen molar-refractivity contribution in [2.24, 2.45) is 5.92 Å². The van der Waals surface area contributed by atoms with Crippen molar-refractivity contribution in [3.05, 3.63) is 52.8 Å². The fourth-order valence-electron chi connectivity index (χ4n) is 3.29. The first-order valence-corrected chi connectivity index (χ1v) is 8.97. The third kappa shape index (κ3) is 4.16. The maximum atomic E-state index is 12.3. The number of aromatic nitrogens is 2.